The summed E-state index contributed by atoms with van der Waals surface area (Å²) in [7, 11) is -3.57. The van der Waals surface area contributed by atoms with Crippen LogP contribution in [0, 0.1) is 23.7 Å². The van der Waals surface area contributed by atoms with Gasteiger partial charge in [-0.15, -0.1) is 0 Å². The number of benzene rings is 1. The molecule has 0 saturated carbocycles. The number of fused-ring (bicyclic) bond motifs is 1. The first-order valence-electron chi connectivity index (χ1n) is 29.3. The molecule has 0 aromatic heterocycles. The zero-order chi connectivity index (χ0) is 54.0. The van der Waals surface area contributed by atoms with Crippen LogP contribution >= 0.6 is 15.9 Å². The van der Waals surface area contributed by atoms with E-state index in [1.807, 2.05) is 18.2 Å². The lowest BCUT2D eigenvalue weighted by molar-refractivity contribution is -0.292. The van der Waals surface area contributed by atoms with Crippen molar-refractivity contribution in [2.45, 2.75) is 267 Å². The van der Waals surface area contributed by atoms with Crippen molar-refractivity contribution in [3.8, 4) is 0 Å². The first-order valence-corrected chi connectivity index (χ1v) is 35.5. The Kier molecular flexibility index (Phi) is 19.9. The minimum Gasteiger partial charge on any atom is -0.458 e. The fraction of sp³-hybridized carbons (Fsp3) is 0.800. The highest BCUT2D eigenvalue weighted by molar-refractivity contribution is 9.11. The van der Waals surface area contributed by atoms with Crippen LogP contribution in [0.3, 0.4) is 0 Å². The van der Waals surface area contributed by atoms with Crippen LogP contribution in [0.2, 0.25) is 36.3 Å². The van der Waals surface area contributed by atoms with Crippen molar-refractivity contribution in [1.29, 1.82) is 0 Å². The van der Waals surface area contributed by atoms with Crippen LogP contribution < -0.4 is 0 Å². The lowest BCUT2D eigenvalue weighted by atomic mass is 9.78. The Morgan fingerprint density at radius 1 is 0.853 bits per heavy atom. The van der Waals surface area contributed by atoms with Crippen LogP contribution in [0.15, 0.2) is 53.5 Å². The summed E-state index contributed by atoms with van der Waals surface area (Å²) in [6.07, 6.45) is 5.76. The molecule has 0 spiro atoms. The molecule has 8 aliphatic heterocycles. The number of Topliss-reactive ketones (excluding diaryl/α,β-unsaturated/α-hetero) is 1. The monoisotopic (exact) mass is 1140 g/mol. The van der Waals surface area contributed by atoms with Gasteiger partial charge in [-0.05, 0) is 127 Å². The van der Waals surface area contributed by atoms with Gasteiger partial charge in [0.1, 0.15) is 42.4 Å². The Hall–Kier alpha value is -1.61. The highest BCUT2D eigenvalue weighted by Gasteiger charge is 2.69. The molecule has 18 atom stereocenters. The highest BCUT2D eigenvalue weighted by atomic mass is 79.9. The molecule has 1 aromatic rings. The minimum absolute atomic E-state index is 0.0000850. The summed E-state index contributed by atoms with van der Waals surface area (Å²) in [4.78, 5) is 27.8. The number of hydrogen-bond donors (Lipinski definition) is 0. The molecular weight excluding hydrogens is 1050 g/mol. The molecule has 422 valence electrons. The van der Waals surface area contributed by atoms with Crippen LogP contribution in [0.5, 0.6) is 0 Å². The van der Waals surface area contributed by atoms with Crippen LogP contribution in [-0.2, 0) is 51.5 Å². The molecule has 0 N–H and O–H groups in total. The largest absolute Gasteiger partial charge is 0.458 e. The second-order valence-corrected chi connectivity index (χ2v) is 36.2. The van der Waals surface area contributed by atoms with Crippen molar-refractivity contribution in [3.63, 3.8) is 0 Å². The predicted molar refractivity (Wildman–Crippen MR) is 301 cm³/mol. The van der Waals surface area contributed by atoms with E-state index in [0.717, 1.165) is 73.3 Å². The predicted octanol–water partition coefficient (Wildman–Crippen LogP) is 13.2. The smallest absolute Gasteiger partial charge is 0.338 e. The number of halogens is 1. The number of hydrogen-bond acceptors (Lipinski definition) is 12. The van der Waals surface area contributed by atoms with Gasteiger partial charge in [0.15, 0.2) is 22.4 Å². The highest BCUT2D eigenvalue weighted by Crippen LogP contribution is 2.54. The summed E-state index contributed by atoms with van der Waals surface area (Å²) in [5.41, 5.74) is 1.64. The van der Waals surface area contributed by atoms with Crippen molar-refractivity contribution in [3.05, 3.63) is 59.1 Å². The van der Waals surface area contributed by atoms with Gasteiger partial charge in [-0.2, -0.15) is 0 Å². The topological polar surface area (TPSA) is 126 Å². The summed E-state index contributed by atoms with van der Waals surface area (Å²) < 4.78 is 68.7. The molecule has 75 heavy (non-hydrogen) atoms. The molecule has 9 rings (SSSR count). The van der Waals surface area contributed by atoms with E-state index in [1.54, 1.807) is 12.1 Å². The average Bonchev–Trinajstić information content (AvgIpc) is 3.98. The van der Waals surface area contributed by atoms with Crippen molar-refractivity contribution >= 4 is 44.3 Å². The molecule has 8 heterocycles. The van der Waals surface area contributed by atoms with E-state index in [4.69, 9.17) is 46.7 Å². The van der Waals surface area contributed by atoms with Crippen molar-refractivity contribution in [2.24, 2.45) is 23.7 Å². The maximum Gasteiger partial charge on any atom is 0.338 e. The first-order chi connectivity index (χ1) is 35.6. The SMILES string of the molecule is C=C(Br)C[C@H](CC[C@@]12C[C@H]3O[C@H]4[C@@H](O1)[C@H]1O[C@@H](CC(=O)C[C@H]5C(C[C@H]6O[C@@H](CCCO[Si](CC)(CC)CC)C[C@@H](C)C6=C)O[C@H](C[C@H](C)CO[Si](C)(C)C(C)(C)C)[C@@H]5C)CC[C@@H]1O[C@H]4[C@H]3O2)OC(=O)c1ccccc1. The van der Waals surface area contributed by atoms with E-state index in [9.17, 15) is 9.59 Å². The Labute approximate surface area is 461 Å². The van der Waals surface area contributed by atoms with Gasteiger partial charge in [-0.25, -0.2) is 4.79 Å². The molecule has 8 aliphatic rings. The molecule has 1 unspecified atom stereocenters. The van der Waals surface area contributed by atoms with Gasteiger partial charge >= 0.3 is 5.97 Å². The molecule has 6 bridgehead atoms. The van der Waals surface area contributed by atoms with Crippen molar-refractivity contribution < 1.29 is 56.3 Å². The molecule has 1 aromatic carbocycles. The number of ether oxygens (including phenoxy) is 8. The van der Waals surface area contributed by atoms with Crippen LogP contribution in [0.4, 0.5) is 0 Å². The van der Waals surface area contributed by atoms with Gasteiger partial charge < -0.3 is 46.7 Å². The second kappa shape index (κ2) is 25.0. The zero-order valence-electron chi connectivity index (χ0n) is 47.6. The molecule has 0 aliphatic carbocycles. The normalized spacial score (nSPS) is 36.3. The molecular formula is C60H95BrO12Si2. The summed E-state index contributed by atoms with van der Waals surface area (Å²) in [6.45, 7) is 35.4. The first kappa shape index (κ1) is 59.5. The van der Waals surface area contributed by atoms with Crippen LogP contribution in [0.1, 0.15) is 156 Å². The third kappa shape index (κ3) is 13.9. The minimum atomic E-state index is -1.92. The van der Waals surface area contributed by atoms with E-state index in [1.165, 1.54) is 0 Å². The molecule has 12 nitrogen and oxygen atoms in total. The zero-order valence-corrected chi connectivity index (χ0v) is 51.2. The Morgan fingerprint density at radius 3 is 2.24 bits per heavy atom. The lowest BCUT2D eigenvalue weighted by Gasteiger charge is -2.47. The average molecular weight is 1140 g/mol. The van der Waals surface area contributed by atoms with Gasteiger partial charge in [0.05, 0.1) is 48.3 Å². The van der Waals surface area contributed by atoms with Gasteiger partial charge in [-0.1, -0.05) is 110 Å². The summed E-state index contributed by atoms with van der Waals surface area (Å²) in [6, 6.07) is 12.5. The van der Waals surface area contributed by atoms with Gasteiger partial charge in [0, 0.05) is 51.7 Å². The molecule has 8 saturated heterocycles. The third-order valence-electron chi connectivity index (χ3n) is 19.3. The Balaban J connectivity index is 0.919. The van der Waals surface area contributed by atoms with E-state index in [-0.39, 0.29) is 89.7 Å². The molecule has 8 fully saturated rings. The van der Waals surface area contributed by atoms with E-state index >= 15 is 0 Å². The second-order valence-electron chi connectivity index (χ2n) is 25.5. The fourth-order valence-corrected chi connectivity index (χ4v) is 17.4. The molecule has 0 amide bonds. The van der Waals surface area contributed by atoms with Crippen molar-refractivity contribution in [1.82, 2.24) is 0 Å². The van der Waals surface area contributed by atoms with Crippen LogP contribution in [-0.4, -0.2) is 127 Å². The maximum absolute atomic E-state index is 14.6. The summed E-state index contributed by atoms with van der Waals surface area (Å²) in [5.74, 6) is -0.303. The quantitative estimate of drug-likeness (QED) is 0.0379. The number of rotatable bonds is 26. The standard InChI is InChI=1S/C60H95BrO12Si2/c1-14-75(15-2,16-3)64-28-20-23-44-30-38(5)40(7)50(66-44)34-51-47(41(8)49(69-51)29-37(4)36-65-74(12,13)59(9,10)11)33-43(62)32-45-24-25-48-53(67-45)57-56-55(70-48)54-52(71-56)35-60(72-54,73-57)27-26-46(31-39(6)61)68-58(63)42-21-18-17-19-22-42/h17-19,21-22,37-38,41,44-57H,6-7,14-16,20,23-36H2,1-5,8-13H3/t37-,38+,41+,44-,45+,46-,47+,48-,49+,50+,51?,52+,53-,54-,55-,56+,57-,60-/m0/s1. The number of ketones is 1. The van der Waals surface area contributed by atoms with E-state index < -0.39 is 40.7 Å². The number of esters is 1. The third-order valence-corrected chi connectivity index (χ3v) is 28.8. The van der Waals surface area contributed by atoms with Gasteiger partial charge in [0.2, 0.25) is 0 Å². The molecule has 0 radical (unpaired) electrons. The molecule has 15 heteroatoms. The fourth-order valence-electron chi connectivity index (χ4n) is 13.3. The van der Waals surface area contributed by atoms with E-state index in [0.29, 0.717) is 69.0 Å². The van der Waals surface area contributed by atoms with Gasteiger partial charge in [0.25, 0.3) is 0 Å². The maximum atomic E-state index is 14.6. The van der Waals surface area contributed by atoms with Crippen molar-refractivity contribution in [2.75, 3.05) is 13.2 Å². The summed E-state index contributed by atoms with van der Waals surface area (Å²) >= 11 is 3.51. The van der Waals surface area contributed by atoms with Crippen LogP contribution in [0.25, 0.3) is 0 Å². The number of carbonyl (C=O) groups is 2. The number of carbonyl (C=O) groups excluding carboxylic acids is 2. The van der Waals surface area contributed by atoms with E-state index in [2.05, 4.69) is 104 Å². The van der Waals surface area contributed by atoms with Gasteiger partial charge in [-0.3, -0.25) is 4.79 Å². The Morgan fingerprint density at radius 2 is 1.55 bits per heavy atom. The summed E-state index contributed by atoms with van der Waals surface area (Å²) in [5, 5.41) is 0.135. The Bertz CT molecular complexity index is 2090. The lowest BCUT2D eigenvalue weighted by Crippen LogP contribution is -2.61.